The van der Waals surface area contributed by atoms with Crippen LogP contribution in [0, 0.1) is 0 Å². The molecule has 0 N–H and O–H groups in total. The van der Waals surface area contributed by atoms with Gasteiger partial charge in [-0.05, 0) is 72.0 Å². The lowest BCUT2D eigenvalue weighted by Gasteiger charge is -2.37. The highest BCUT2D eigenvalue weighted by Gasteiger charge is 2.34. The molecule has 38 heavy (non-hydrogen) atoms. The topological polar surface area (TPSA) is 59.1 Å². The molecule has 3 heterocycles. The van der Waals surface area contributed by atoms with Gasteiger partial charge in [-0.15, -0.1) is 11.3 Å². The van der Waals surface area contributed by atoms with Crippen molar-refractivity contribution in [2.75, 3.05) is 32.8 Å². The Labute approximate surface area is 229 Å². The summed E-state index contributed by atoms with van der Waals surface area (Å²) in [7, 11) is 0. The maximum atomic E-state index is 13.8. The summed E-state index contributed by atoms with van der Waals surface area (Å²) in [6.45, 7) is 6.47. The van der Waals surface area contributed by atoms with Crippen molar-refractivity contribution in [3.63, 3.8) is 0 Å². The molecular weight excluding hydrogens is 496 g/mol. The third-order valence-corrected chi connectivity index (χ3v) is 8.45. The van der Waals surface area contributed by atoms with Gasteiger partial charge in [0.2, 0.25) is 5.91 Å². The Morgan fingerprint density at radius 2 is 1.89 bits per heavy atom. The van der Waals surface area contributed by atoms with E-state index < -0.39 is 0 Å². The first-order valence-electron chi connectivity index (χ1n) is 13.5. The zero-order chi connectivity index (χ0) is 26.5. The van der Waals surface area contributed by atoms with Crippen LogP contribution in [-0.2, 0) is 16.0 Å². The van der Waals surface area contributed by atoms with Gasteiger partial charge in [0.05, 0.1) is 12.1 Å². The highest BCUT2D eigenvalue weighted by molar-refractivity contribution is 7.10. The summed E-state index contributed by atoms with van der Waals surface area (Å²) in [5.41, 5.74) is 3.00. The molecule has 1 fully saturated rings. The molecule has 2 aromatic carbocycles. The minimum absolute atomic E-state index is 0.0205. The van der Waals surface area contributed by atoms with E-state index in [2.05, 4.69) is 37.4 Å². The first kappa shape index (κ1) is 26.4. The second-order valence-electron chi connectivity index (χ2n) is 10.4. The minimum atomic E-state index is -0.196. The number of carbonyl (C=O) groups excluding carboxylic acids is 2. The molecule has 1 saturated heterocycles. The molecule has 7 heteroatoms. The number of thiophene rings is 1. The molecule has 6 nitrogen and oxygen atoms in total. The summed E-state index contributed by atoms with van der Waals surface area (Å²) in [4.78, 5) is 32.1. The van der Waals surface area contributed by atoms with Crippen LogP contribution in [0.2, 0.25) is 0 Å². The highest BCUT2D eigenvalue weighted by atomic mass is 32.1. The fourth-order valence-corrected chi connectivity index (χ4v) is 6.20. The lowest BCUT2D eigenvalue weighted by molar-refractivity contribution is -0.135. The third kappa shape index (κ3) is 6.11. The van der Waals surface area contributed by atoms with E-state index in [-0.39, 0.29) is 30.5 Å². The van der Waals surface area contributed by atoms with Crippen molar-refractivity contribution in [1.29, 1.82) is 0 Å². The fraction of sp³-hybridized carbons (Fsp3) is 0.419. The molecule has 200 valence electrons. The van der Waals surface area contributed by atoms with Crippen molar-refractivity contribution in [2.24, 2.45) is 0 Å². The minimum Gasteiger partial charge on any atom is -0.491 e. The smallest absolute Gasteiger partial charge is 0.254 e. The van der Waals surface area contributed by atoms with E-state index in [4.69, 9.17) is 9.47 Å². The lowest BCUT2D eigenvalue weighted by atomic mass is 10.00. The molecule has 0 spiro atoms. The van der Waals surface area contributed by atoms with E-state index >= 15 is 0 Å². The Bertz CT molecular complexity index is 1220. The average Bonchev–Trinajstić information content (AvgIpc) is 3.64. The number of fused-ring (bicyclic) bond motifs is 1. The van der Waals surface area contributed by atoms with Crippen LogP contribution in [0.25, 0.3) is 0 Å². The number of nitrogens with zero attached hydrogens (tertiary/aromatic N) is 2. The summed E-state index contributed by atoms with van der Waals surface area (Å²) < 4.78 is 12.1. The molecule has 5 rings (SSSR count). The van der Waals surface area contributed by atoms with Crippen LogP contribution in [0.3, 0.4) is 0 Å². The van der Waals surface area contributed by atoms with Crippen molar-refractivity contribution in [3.8, 4) is 5.75 Å². The van der Waals surface area contributed by atoms with Gasteiger partial charge in [0.15, 0.2) is 0 Å². The maximum absolute atomic E-state index is 13.8. The quantitative estimate of drug-likeness (QED) is 0.355. The van der Waals surface area contributed by atoms with Gasteiger partial charge >= 0.3 is 0 Å². The second-order valence-corrected chi connectivity index (χ2v) is 11.4. The molecule has 2 atom stereocenters. The average molecular weight is 533 g/mol. The van der Waals surface area contributed by atoms with Crippen LogP contribution in [0.4, 0.5) is 0 Å². The zero-order valence-electron chi connectivity index (χ0n) is 22.2. The Morgan fingerprint density at radius 1 is 1.11 bits per heavy atom. The molecule has 3 aromatic rings. The number of carbonyl (C=O) groups is 2. The van der Waals surface area contributed by atoms with E-state index in [1.165, 1.54) is 10.4 Å². The van der Waals surface area contributed by atoms with Gasteiger partial charge in [0.1, 0.15) is 18.9 Å². The number of ether oxygens (including phenoxy) is 2. The maximum Gasteiger partial charge on any atom is 0.254 e. The van der Waals surface area contributed by atoms with Gasteiger partial charge in [-0.1, -0.05) is 44.2 Å². The van der Waals surface area contributed by atoms with Crippen molar-refractivity contribution in [1.82, 2.24) is 9.80 Å². The number of rotatable bonds is 9. The van der Waals surface area contributed by atoms with Crippen LogP contribution < -0.4 is 4.74 Å². The molecule has 0 unspecified atom stereocenters. The van der Waals surface area contributed by atoms with E-state index in [1.807, 2.05) is 35.2 Å². The van der Waals surface area contributed by atoms with Gasteiger partial charge in [-0.25, -0.2) is 0 Å². The SMILES string of the molecule is CC(C)c1ccc(OC[C@H]2c3ccsc3CCN2C(=O)CN(C[C@H]2CCCO2)C(=O)c2ccccc2)cc1. The number of amides is 2. The van der Waals surface area contributed by atoms with Crippen LogP contribution in [-0.4, -0.2) is 60.6 Å². The molecule has 0 aliphatic carbocycles. The Balaban J connectivity index is 1.33. The van der Waals surface area contributed by atoms with Crippen molar-refractivity contribution in [2.45, 2.75) is 51.2 Å². The molecule has 1 aromatic heterocycles. The first-order valence-corrected chi connectivity index (χ1v) is 14.4. The van der Waals surface area contributed by atoms with Crippen molar-refractivity contribution >= 4 is 23.2 Å². The summed E-state index contributed by atoms with van der Waals surface area (Å²) in [5.74, 6) is 1.05. The Morgan fingerprint density at radius 3 is 2.61 bits per heavy atom. The van der Waals surface area contributed by atoms with Gasteiger partial charge < -0.3 is 19.3 Å². The Hall–Kier alpha value is -3.16. The van der Waals surface area contributed by atoms with Crippen LogP contribution >= 0.6 is 11.3 Å². The summed E-state index contributed by atoms with van der Waals surface area (Å²) in [6.07, 6.45) is 2.67. The largest absolute Gasteiger partial charge is 0.491 e. The predicted molar refractivity (Wildman–Crippen MR) is 150 cm³/mol. The van der Waals surface area contributed by atoms with Crippen molar-refractivity contribution < 1.29 is 19.1 Å². The van der Waals surface area contributed by atoms with E-state index in [9.17, 15) is 9.59 Å². The van der Waals surface area contributed by atoms with Crippen LogP contribution in [0.1, 0.15) is 65.0 Å². The first-order chi connectivity index (χ1) is 18.5. The molecule has 2 aliphatic heterocycles. The standard InChI is InChI=1S/C31H36N2O4S/c1-22(2)23-10-12-25(13-11-23)37-21-28-27-15-18-38-29(27)14-16-33(28)30(34)20-32(19-26-9-6-17-36-26)31(35)24-7-4-3-5-8-24/h3-5,7-8,10-13,15,18,22,26,28H,6,9,14,16-17,19-21H2,1-2H3/t26-,28+/m1/s1. The zero-order valence-corrected chi connectivity index (χ0v) is 23.0. The number of benzene rings is 2. The molecule has 0 bridgehead atoms. The molecule has 0 saturated carbocycles. The molecular formula is C31H36N2O4S. The van der Waals surface area contributed by atoms with Crippen LogP contribution in [0.5, 0.6) is 5.75 Å². The van der Waals surface area contributed by atoms with Gasteiger partial charge in [-0.2, -0.15) is 0 Å². The van der Waals surface area contributed by atoms with Gasteiger partial charge in [-0.3, -0.25) is 9.59 Å². The second kappa shape index (κ2) is 12.1. The van der Waals surface area contributed by atoms with Crippen molar-refractivity contribution in [3.05, 3.63) is 87.6 Å². The lowest BCUT2D eigenvalue weighted by Crippen LogP contribution is -2.49. The van der Waals surface area contributed by atoms with E-state index in [0.29, 0.717) is 37.8 Å². The predicted octanol–water partition coefficient (Wildman–Crippen LogP) is 5.70. The number of hydrogen-bond donors (Lipinski definition) is 0. The molecule has 0 radical (unpaired) electrons. The highest BCUT2D eigenvalue weighted by Crippen LogP contribution is 2.34. The molecule has 2 aliphatic rings. The third-order valence-electron chi connectivity index (χ3n) is 7.45. The summed E-state index contributed by atoms with van der Waals surface area (Å²) >= 11 is 1.73. The molecule has 2 amide bonds. The monoisotopic (exact) mass is 532 g/mol. The normalized spacial score (nSPS) is 18.9. The van der Waals surface area contributed by atoms with E-state index in [0.717, 1.165) is 30.6 Å². The van der Waals surface area contributed by atoms with Crippen LogP contribution in [0.15, 0.2) is 66.0 Å². The fourth-order valence-electron chi connectivity index (χ4n) is 5.27. The summed E-state index contributed by atoms with van der Waals surface area (Å²) in [5, 5.41) is 2.09. The van der Waals surface area contributed by atoms with Gasteiger partial charge in [0.25, 0.3) is 5.91 Å². The number of hydrogen-bond acceptors (Lipinski definition) is 5. The summed E-state index contributed by atoms with van der Waals surface area (Å²) in [6, 6.07) is 19.3. The Kier molecular flexibility index (Phi) is 8.45. The van der Waals surface area contributed by atoms with E-state index in [1.54, 1.807) is 28.4 Å². The van der Waals surface area contributed by atoms with Gasteiger partial charge in [0, 0.05) is 30.1 Å².